The number of carboxylic acid groups (broad SMARTS) is 1. The second-order valence-corrected chi connectivity index (χ2v) is 4.16. The maximum absolute atomic E-state index is 11.1. The quantitative estimate of drug-likeness (QED) is 0.923. The van der Waals surface area contributed by atoms with Gasteiger partial charge in [0.25, 0.3) is 0 Å². The van der Waals surface area contributed by atoms with Crippen LogP contribution in [-0.2, 0) is 0 Å². The van der Waals surface area contributed by atoms with Crippen molar-refractivity contribution in [3.05, 3.63) is 53.1 Å². The van der Waals surface area contributed by atoms with E-state index in [1.54, 1.807) is 30.3 Å². The van der Waals surface area contributed by atoms with Gasteiger partial charge in [0, 0.05) is 11.1 Å². The highest BCUT2D eigenvalue weighted by molar-refractivity contribution is 6.30. The molecule has 0 aliphatic heterocycles. The van der Waals surface area contributed by atoms with Crippen molar-refractivity contribution in [2.45, 2.75) is 0 Å². The number of hydrogen-bond donors (Lipinski definition) is 1. The van der Waals surface area contributed by atoms with Crippen molar-refractivity contribution in [3.63, 3.8) is 0 Å². The molecule has 0 heterocycles. The minimum Gasteiger partial charge on any atom is -0.497 e. The van der Waals surface area contributed by atoms with Crippen LogP contribution in [0.1, 0.15) is 10.4 Å². The second-order valence-electron chi connectivity index (χ2n) is 3.73. The van der Waals surface area contributed by atoms with Gasteiger partial charge < -0.3 is 14.6 Å². The van der Waals surface area contributed by atoms with E-state index in [4.69, 9.17) is 26.2 Å². The van der Waals surface area contributed by atoms with E-state index >= 15 is 0 Å². The molecular formula is C14H11ClO4. The van der Waals surface area contributed by atoms with E-state index in [0.29, 0.717) is 16.5 Å². The molecule has 0 aliphatic carbocycles. The van der Waals surface area contributed by atoms with Gasteiger partial charge in [-0.05, 0) is 30.3 Å². The summed E-state index contributed by atoms with van der Waals surface area (Å²) in [6.45, 7) is 0. The fraction of sp³-hybridized carbons (Fsp3) is 0.0714. The first-order valence-electron chi connectivity index (χ1n) is 5.45. The third-order valence-electron chi connectivity index (χ3n) is 2.44. The van der Waals surface area contributed by atoms with Gasteiger partial charge in [-0.1, -0.05) is 17.7 Å². The summed E-state index contributed by atoms with van der Waals surface area (Å²) in [6, 6.07) is 11.2. The number of ether oxygens (including phenoxy) is 2. The lowest BCUT2D eigenvalue weighted by Crippen LogP contribution is -2.00. The van der Waals surface area contributed by atoms with Crippen LogP contribution in [0.3, 0.4) is 0 Å². The Morgan fingerprint density at radius 1 is 1.16 bits per heavy atom. The summed E-state index contributed by atoms with van der Waals surface area (Å²) in [5.41, 5.74) is 0.0563. The van der Waals surface area contributed by atoms with Crippen molar-refractivity contribution in [3.8, 4) is 17.2 Å². The number of rotatable bonds is 4. The van der Waals surface area contributed by atoms with Crippen LogP contribution in [0.5, 0.6) is 17.2 Å². The largest absolute Gasteiger partial charge is 0.497 e. The molecule has 2 aromatic carbocycles. The zero-order valence-electron chi connectivity index (χ0n) is 10.1. The molecule has 0 amide bonds. The number of aromatic carboxylic acids is 1. The van der Waals surface area contributed by atoms with E-state index in [-0.39, 0.29) is 11.3 Å². The molecule has 0 saturated carbocycles. The Kier molecular flexibility index (Phi) is 3.92. The highest BCUT2D eigenvalue weighted by Crippen LogP contribution is 2.30. The number of carbonyl (C=O) groups is 1. The van der Waals surface area contributed by atoms with Crippen LogP contribution in [0.25, 0.3) is 0 Å². The predicted octanol–water partition coefficient (Wildman–Crippen LogP) is 3.84. The number of hydrogen-bond acceptors (Lipinski definition) is 3. The van der Waals surface area contributed by atoms with Crippen LogP contribution < -0.4 is 9.47 Å². The van der Waals surface area contributed by atoms with E-state index in [2.05, 4.69) is 0 Å². The molecule has 0 aliphatic rings. The van der Waals surface area contributed by atoms with Crippen molar-refractivity contribution < 1.29 is 19.4 Å². The van der Waals surface area contributed by atoms with Gasteiger partial charge in [-0.2, -0.15) is 0 Å². The van der Waals surface area contributed by atoms with Gasteiger partial charge in [-0.25, -0.2) is 4.79 Å². The normalized spacial score (nSPS) is 10.0. The van der Waals surface area contributed by atoms with E-state index in [1.807, 2.05) is 0 Å². The molecule has 1 N–H and O–H groups in total. The van der Waals surface area contributed by atoms with Gasteiger partial charge >= 0.3 is 5.97 Å². The molecule has 0 spiro atoms. The van der Waals surface area contributed by atoms with E-state index < -0.39 is 5.97 Å². The molecule has 0 radical (unpaired) electrons. The monoisotopic (exact) mass is 278 g/mol. The Morgan fingerprint density at radius 2 is 1.95 bits per heavy atom. The molecule has 0 saturated heterocycles. The van der Waals surface area contributed by atoms with Crippen molar-refractivity contribution in [2.75, 3.05) is 7.11 Å². The van der Waals surface area contributed by atoms with Crippen LogP contribution >= 0.6 is 11.6 Å². The maximum atomic E-state index is 11.1. The van der Waals surface area contributed by atoms with Crippen molar-refractivity contribution in [2.24, 2.45) is 0 Å². The Bertz CT molecular complexity index is 610. The number of benzene rings is 2. The molecule has 0 atom stereocenters. The lowest BCUT2D eigenvalue weighted by atomic mass is 10.2. The van der Waals surface area contributed by atoms with Gasteiger partial charge in [0.05, 0.1) is 7.11 Å². The average molecular weight is 279 g/mol. The van der Waals surface area contributed by atoms with Crippen molar-refractivity contribution in [1.29, 1.82) is 0 Å². The summed E-state index contributed by atoms with van der Waals surface area (Å²) in [7, 11) is 1.50. The summed E-state index contributed by atoms with van der Waals surface area (Å²) < 4.78 is 10.6. The topological polar surface area (TPSA) is 55.8 Å². The standard InChI is InChI=1S/C14H11ClO4/c1-18-10-5-6-12(14(16)17)13(8-10)19-11-4-2-3-9(15)7-11/h2-8H,1H3,(H,16,17). The number of carboxylic acids is 1. The van der Waals surface area contributed by atoms with E-state index in [1.165, 1.54) is 19.2 Å². The Balaban J connectivity index is 2.39. The number of methoxy groups -OCH3 is 1. The highest BCUT2D eigenvalue weighted by Gasteiger charge is 2.13. The molecule has 2 aromatic rings. The van der Waals surface area contributed by atoms with Crippen LogP contribution in [-0.4, -0.2) is 18.2 Å². The first-order valence-corrected chi connectivity index (χ1v) is 5.82. The minimum absolute atomic E-state index is 0.0563. The summed E-state index contributed by atoms with van der Waals surface area (Å²) in [4.78, 5) is 11.1. The van der Waals surface area contributed by atoms with Crippen LogP contribution in [0.2, 0.25) is 5.02 Å². The Hall–Kier alpha value is -2.20. The molecule has 5 heteroatoms. The minimum atomic E-state index is -1.07. The van der Waals surface area contributed by atoms with Crippen molar-refractivity contribution in [1.82, 2.24) is 0 Å². The molecule has 2 rings (SSSR count). The lowest BCUT2D eigenvalue weighted by Gasteiger charge is -2.10. The summed E-state index contributed by atoms with van der Waals surface area (Å²) in [5.74, 6) is 0.110. The molecule has 0 aromatic heterocycles. The summed E-state index contributed by atoms with van der Waals surface area (Å²) in [5, 5.41) is 9.63. The van der Waals surface area contributed by atoms with Gasteiger partial charge in [-0.15, -0.1) is 0 Å². The Morgan fingerprint density at radius 3 is 2.58 bits per heavy atom. The van der Waals surface area contributed by atoms with Gasteiger partial charge in [0.2, 0.25) is 0 Å². The maximum Gasteiger partial charge on any atom is 0.339 e. The molecular weight excluding hydrogens is 268 g/mol. The average Bonchev–Trinajstić information content (AvgIpc) is 2.38. The third-order valence-corrected chi connectivity index (χ3v) is 2.68. The fourth-order valence-electron chi connectivity index (χ4n) is 1.55. The zero-order chi connectivity index (χ0) is 13.8. The van der Waals surface area contributed by atoms with Crippen LogP contribution in [0, 0.1) is 0 Å². The molecule has 98 valence electrons. The Labute approximate surface area is 115 Å². The third kappa shape index (κ3) is 3.17. The second kappa shape index (κ2) is 5.63. The molecule has 0 bridgehead atoms. The zero-order valence-corrected chi connectivity index (χ0v) is 10.8. The van der Waals surface area contributed by atoms with E-state index in [0.717, 1.165) is 0 Å². The first-order chi connectivity index (χ1) is 9.10. The molecule has 19 heavy (non-hydrogen) atoms. The smallest absolute Gasteiger partial charge is 0.339 e. The van der Waals surface area contributed by atoms with E-state index in [9.17, 15) is 4.79 Å². The molecule has 0 unspecified atom stereocenters. The lowest BCUT2D eigenvalue weighted by molar-refractivity contribution is 0.0694. The molecule has 0 fully saturated rings. The SMILES string of the molecule is COc1ccc(C(=O)O)c(Oc2cccc(Cl)c2)c1. The van der Waals surface area contributed by atoms with Gasteiger partial charge in [-0.3, -0.25) is 0 Å². The molecule has 4 nitrogen and oxygen atoms in total. The van der Waals surface area contributed by atoms with Crippen LogP contribution in [0.4, 0.5) is 0 Å². The highest BCUT2D eigenvalue weighted by atomic mass is 35.5. The van der Waals surface area contributed by atoms with Crippen molar-refractivity contribution >= 4 is 17.6 Å². The fourth-order valence-corrected chi connectivity index (χ4v) is 1.73. The first kappa shape index (κ1) is 13.2. The summed E-state index contributed by atoms with van der Waals surface area (Å²) in [6.07, 6.45) is 0. The van der Waals surface area contributed by atoms with Gasteiger partial charge in [0.15, 0.2) is 0 Å². The summed E-state index contributed by atoms with van der Waals surface area (Å²) >= 11 is 5.85. The van der Waals surface area contributed by atoms with Gasteiger partial charge in [0.1, 0.15) is 22.8 Å². The van der Waals surface area contributed by atoms with Crippen LogP contribution in [0.15, 0.2) is 42.5 Å². The number of halogens is 1. The predicted molar refractivity (Wildman–Crippen MR) is 71.5 cm³/mol.